The predicted molar refractivity (Wildman–Crippen MR) is 51.5 cm³/mol. The summed E-state index contributed by atoms with van der Waals surface area (Å²) in [6, 6.07) is 4.05. The molecule has 0 radical (unpaired) electrons. The summed E-state index contributed by atoms with van der Waals surface area (Å²) in [6.07, 6.45) is 5.64. The van der Waals surface area contributed by atoms with Crippen LogP contribution in [0.15, 0.2) is 30.1 Å². The van der Waals surface area contributed by atoms with Gasteiger partial charge in [0.1, 0.15) is 0 Å². The van der Waals surface area contributed by atoms with Crippen LogP contribution in [0.25, 0.3) is 6.08 Å². The molecular formula is C10H14N2. The molecule has 0 aliphatic rings. The third kappa shape index (κ3) is 2.47. The van der Waals surface area contributed by atoms with E-state index in [9.17, 15) is 0 Å². The van der Waals surface area contributed by atoms with Gasteiger partial charge in [0, 0.05) is 18.4 Å². The number of pyridine rings is 1. The molecule has 64 valence electrons. The van der Waals surface area contributed by atoms with Crippen molar-refractivity contribution in [2.45, 2.75) is 19.9 Å². The molecule has 1 rings (SSSR count). The molecule has 1 atom stereocenters. The Morgan fingerprint density at radius 1 is 1.67 bits per heavy atom. The molecule has 0 fully saturated rings. The van der Waals surface area contributed by atoms with Gasteiger partial charge in [-0.2, -0.15) is 0 Å². The van der Waals surface area contributed by atoms with E-state index >= 15 is 0 Å². The van der Waals surface area contributed by atoms with Crippen molar-refractivity contribution in [1.82, 2.24) is 4.98 Å². The van der Waals surface area contributed by atoms with Crippen LogP contribution in [0.5, 0.6) is 0 Å². The van der Waals surface area contributed by atoms with Crippen molar-refractivity contribution in [2.75, 3.05) is 0 Å². The lowest BCUT2D eigenvalue weighted by Crippen LogP contribution is -2.15. The summed E-state index contributed by atoms with van der Waals surface area (Å²) >= 11 is 0. The second kappa shape index (κ2) is 4.02. The van der Waals surface area contributed by atoms with Crippen molar-refractivity contribution in [1.29, 1.82) is 0 Å². The van der Waals surface area contributed by atoms with Crippen LogP contribution in [-0.2, 0) is 0 Å². The van der Waals surface area contributed by atoms with E-state index in [4.69, 9.17) is 5.73 Å². The van der Waals surface area contributed by atoms with Crippen LogP contribution in [0.4, 0.5) is 0 Å². The SMILES string of the molecule is C/C(=C\c1cccnc1)C(C)N. The molecule has 0 aliphatic heterocycles. The molecule has 2 heteroatoms. The van der Waals surface area contributed by atoms with Crippen LogP contribution < -0.4 is 5.73 Å². The third-order valence-corrected chi connectivity index (χ3v) is 1.80. The first-order valence-electron chi connectivity index (χ1n) is 4.04. The third-order valence-electron chi connectivity index (χ3n) is 1.80. The standard InChI is InChI=1S/C10H14N2/c1-8(9(2)11)6-10-4-3-5-12-7-10/h3-7,9H,11H2,1-2H3/b8-6+. The van der Waals surface area contributed by atoms with Crippen molar-refractivity contribution in [3.05, 3.63) is 35.7 Å². The average Bonchev–Trinajstić information content (AvgIpc) is 2.06. The molecule has 0 saturated heterocycles. The number of hydrogen-bond donors (Lipinski definition) is 1. The highest BCUT2D eigenvalue weighted by Gasteiger charge is 1.95. The summed E-state index contributed by atoms with van der Waals surface area (Å²) in [4.78, 5) is 4.01. The Bertz CT molecular complexity index is 262. The fourth-order valence-corrected chi connectivity index (χ4v) is 0.856. The van der Waals surface area contributed by atoms with Gasteiger partial charge in [-0.25, -0.2) is 0 Å². The van der Waals surface area contributed by atoms with E-state index < -0.39 is 0 Å². The number of nitrogens with two attached hydrogens (primary N) is 1. The van der Waals surface area contributed by atoms with Crippen LogP contribution in [-0.4, -0.2) is 11.0 Å². The Morgan fingerprint density at radius 2 is 2.42 bits per heavy atom. The molecule has 0 amide bonds. The Balaban J connectivity index is 2.81. The number of rotatable bonds is 2. The highest BCUT2D eigenvalue weighted by molar-refractivity contribution is 5.51. The first kappa shape index (κ1) is 8.94. The van der Waals surface area contributed by atoms with E-state index in [1.807, 2.05) is 32.2 Å². The van der Waals surface area contributed by atoms with Gasteiger partial charge in [0.05, 0.1) is 0 Å². The predicted octanol–water partition coefficient (Wildman–Crippen LogP) is 1.83. The molecule has 1 heterocycles. The van der Waals surface area contributed by atoms with Crippen LogP contribution >= 0.6 is 0 Å². The Kier molecular flexibility index (Phi) is 3.00. The maximum absolute atomic E-state index is 5.70. The topological polar surface area (TPSA) is 38.9 Å². The smallest absolute Gasteiger partial charge is 0.0340 e. The van der Waals surface area contributed by atoms with E-state index in [2.05, 4.69) is 11.1 Å². The van der Waals surface area contributed by atoms with Gasteiger partial charge in [0.15, 0.2) is 0 Å². The summed E-state index contributed by atoms with van der Waals surface area (Å²) in [7, 11) is 0. The van der Waals surface area contributed by atoms with E-state index in [0.717, 1.165) is 5.56 Å². The van der Waals surface area contributed by atoms with Crippen molar-refractivity contribution >= 4 is 6.08 Å². The average molecular weight is 162 g/mol. The normalized spacial score (nSPS) is 14.4. The number of hydrogen-bond acceptors (Lipinski definition) is 2. The van der Waals surface area contributed by atoms with Gasteiger partial charge >= 0.3 is 0 Å². The lowest BCUT2D eigenvalue weighted by atomic mass is 10.1. The summed E-state index contributed by atoms with van der Waals surface area (Å²) < 4.78 is 0. The summed E-state index contributed by atoms with van der Waals surface area (Å²) in [6.45, 7) is 4.00. The highest BCUT2D eigenvalue weighted by Crippen LogP contribution is 2.06. The summed E-state index contributed by atoms with van der Waals surface area (Å²) in [5.74, 6) is 0. The molecule has 1 aromatic heterocycles. The molecule has 0 bridgehead atoms. The molecule has 0 spiro atoms. The number of aromatic nitrogens is 1. The molecule has 0 aliphatic carbocycles. The fraction of sp³-hybridized carbons (Fsp3) is 0.300. The van der Waals surface area contributed by atoms with Gasteiger partial charge in [-0.3, -0.25) is 4.98 Å². The molecule has 1 unspecified atom stereocenters. The molecular weight excluding hydrogens is 148 g/mol. The second-order valence-corrected chi connectivity index (χ2v) is 2.96. The zero-order valence-electron chi connectivity index (χ0n) is 7.49. The minimum absolute atomic E-state index is 0.116. The minimum atomic E-state index is 0.116. The molecule has 1 aromatic rings. The van der Waals surface area contributed by atoms with Crippen LogP contribution in [0.3, 0.4) is 0 Å². The van der Waals surface area contributed by atoms with E-state index in [-0.39, 0.29) is 6.04 Å². The maximum atomic E-state index is 5.70. The van der Waals surface area contributed by atoms with Gasteiger partial charge in [-0.15, -0.1) is 0 Å². The quantitative estimate of drug-likeness (QED) is 0.720. The van der Waals surface area contributed by atoms with E-state index in [1.165, 1.54) is 5.57 Å². The zero-order valence-corrected chi connectivity index (χ0v) is 7.49. The molecule has 0 saturated carbocycles. The van der Waals surface area contributed by atoms with E-state index in [0.29, 0.717) is 0 Å². The maximum Gasteiger partial charge on any atom is 0.0340 e. The number of nitrogens with zero attached hydrogens (tertiary/aromatic N) is 1. The van der Waals surface area contributed by atoms with Gasteiger partial charge in [-0.1, -0.05) is 17.7 Å². The molecule has 12 heavy (non-hydrogen) atoms. The van der Waals surface area contributed by atoms with Gasteiger partial charge in [0.2, 0.25) is 0 Å². The lowest BCUT2D eigenvalue weighted by Gasteiger charge is -2.04. The van der Waals surface area contributed by atoms with Crippen molar-refractivity contribution in [3.63, 3.8) is 0 Å². The summed E-state index contributed by atoms with van der Waals surface area (Å²) in [5.41, 5.74) is 7.97. The highest BCUT2D eigenvalue weighted by atomic mass is 14.6. The van der Waals surface area contributed by atoms with Gasteiger partial charge in [0.25, 0.3) is 0 Å². The second-order valence-electron chi connectivity index (χ2n) is 2.96. The Labute approximate surface area is 73.1 Å². The van der Waals surface area contributed by atoms with Gasteiger partial charge in [-0.05, 0) is 25.5 Å². The molecule has 2 nitrogen and oxygen atoms in total. The molecule has 0 aromatic carbocycles. The fourth-order valence-electron chi connectivity index (χ4n) is 0.856. The minimum Gasteiger partial charge on any atom is -0.324 e. The Hall–Kier alpha value is -1.15. The van der Waals surface area contributed by atoms with Crippen molar-refractivity contribution < 1.29 is 0 Å². The lowest BCUT2D eigenvalue weighted by molar-refractivity contribution is 0.868. The van der Waals surface area contributed by atoms with Crippen LogP contribution in [0.2, 0.25) is 0 Å². The van der Waals surface area contributed by atoms with Crippen molar-refractivity contribution in [3.8, 4) is 0 Å². The van der Waals surface area contributed by atoms with Gasteiger partial charge < -0.3 is 5.73 Å². The zero-order chi connectivity index (χ0) is 8.97. The molecule has 2 N–H and O–H groups in total. The first-order chi connectivity index (χ1) is 5.70. The largest absolute Gasteiger partial charge is 0.324 e. The Morgan fingerprint density at radius 3 is 2.92 bits per heavy atom. The van der Waals surface area contributed by atoms with Crippen LogP contribution in [0.1, 0.15) is 19.4 Å². The monoisotopic (exact) mass is 162 g/mol. The van der Waals surface area contributed by atoms with E-state index in [1.54, 1.807) is 6.20 Å². The van der Waals surface area contributed by atoms with Crippen molar-refractivity contribution in [2.24, 2.45) is 5.73 Å². The first-order valence-corrected chi connectivity index (χ1v) is 4.04. The summed E-state index contributed by atoms with van der Waals surface area (Å²) in [5, 5.41) is 0. The van der Waals surface area contributed by atoms with Crippen LogP contribution in [0, 0.1) is 0 Å².